The molecule has 114 valence electrons. The zero-order valence-electron chi connectivity index (χ0n) is 13.1. The summed E-state index contributed by atoms with van der Waals surface area (Å²) in [6.07, 6.45) is 4.46. The number of hydrogen-bond acceptors (Lipinski definition) is 2. The van der Waals surface area contributed by atoms with Crippen LogP contribution < -0.4 is 10.2 Å². The Bertz CT molecular complexity index is 534. The van der Waals surface area contributed by atoms with E-state index < -0.39 is 0 Å². The number of hydrogen-bond donors (Lipinski definition) is 1. The summed E-state index contributed by atoms with van der Waals surface area (Å²) in [5, 5.41) is 3.04. The molecule has 0 saturated heterocycles. The Morgan fingerprint density at radius 3 is 2.52 bits per heavy atom. The average molecular weight is 288 g/mol. The van der Waals surface area contributed by atoms with Crippen LogP contribution >= 0.6 is 0 Å². The maximum Gasteiger partial charge on any atom is 0.240 e. The number of nitrogens with zero attached hydrogens (tertiary/aromatic N) is 1. The van der Waals surface area contributed by atoms with Gasteiger partial charge in [-0.2, -0.15) is 0 Å². The lowest BCUT2D eigenvalue weighted by Gasteiger charge is -2.24. The minimum atomic E-state index is -0.106. The first-order valence-electron chi connectivity index (χ1n) is 7.62. The van der Waals surface area contributed by atoms with Crippen molar-refractivity contribution >= 4 is 17.5 Å². The second-order valence-corrected chi connectivity index (χ2v) is 5.87. The summed E-state index contributed by atoms with van der Waals surface area (Å²) in [6.45, 7) is 5.59. The van der Waals surface area contributed by atoms with Crippen LogP contribution in [0, 0.1) is 13.8 Å². The normalized spacial score (nSPS) is 15.0. The summed E-state index contributed by atoms with van der Waals surface area (Å²) in [4.78, 5) is 25.7. The summed E-state index contributed by atoms with van der Waals surface area (Å²) < 4.78 is 0. The molecule has 21 heavy (non-hydrogen) atoms. The first-order valence-corrected chi connectivity index (χ1v) is 7.62. The van der Waals surface area contributed by atoms with Gasteiger partial charge < -0.3 is 10.2 Å². The number of benzene rings is 1. The number of carbonyl (C=O) groups is 2. The Hall–Kier alpha value is -1.84. The van der Waals surface area contributed by atoms with Gasteiger partial charge >= 0.3 is 0 Å². The van der Waals surface area contributed by atoms with Gasteiger partial charge in [-0.05, 0) is 43.9 Å². The highest BCUT2D eigenvalue weighted by molar-refractivity contribution is 5.98. The molecule has 0 aliphatic heterocycles. The molecule has 2 rings (SSSR count). The van der Waals surface area contributed by atoms with E-state index in [4.69, 9.17) is 0 Å². The van der Waals surface area contributed by atoms with Crippen LogP contribution in [0.25, 0.3) is 0 Å². The molecule has 0 heterocycles. The third kappa shape index (κ3) is 3.84. The van der Waals surface area contributed by atoms with Crippen LogP contribution in [-0.2, 0) is 9.59 Å². The average Bonchev–Trinajstić information content (AvgIpc) is 2.92. The van der Waals surface area contributed by atoms with Gasteiger partial charge in [0.25, 0.3) is 0 Å². The topological polar surface area (TPSA) is 49.4 Å². The molecule has 0 spiro atoms. The van der Waals surface area contributed by atoms with Crippen LogP contribution in [0.5, 0.6) is 0 Å². The van der Waals surface area contributed by atoms with Crippen LogP contribution in [0.15, 0.2) is 18.2 Å². The van der Waals surface area contributed by atoms with Crippen LogP contribution in [0.3, 0.4) is 0 Å². The maximum absolute atomic E-state index is 12.2. The predicted octanol–water partition coefficient (Wildman–Crippen LogP) is 2.72. The standard InChI is InChI=1S/C17H24N2O2/c1-12-7-6-10-16(13(12)2)19(14(3)20)11-17(21)18-15-8-4-5-9-15/h6-7,10,15H,4-5,8-9,11H2,1-3H3,(H,18,21). The molecule has 1 aromatic carbocycles. The fourth-order valence-corrected chi connectivity index (χ4v) is 2.88. The quantitative estimate of drug-likeness (QED) is 0.926. The van der Waals surface area contributed by atoms with Crippen LogP contribution in [-0.4, -0.2) is 24.4 Å². The molecule has 1 aliphatic rings. The molecule has 4 nitrogen and oxygen atoms in total. The predicted molar refractivity (Wildman–Crippen MR) is 84.3 cm³/mol. The van der Waals surface area contributed by atoms with Gasteiger partial charge in [-0.1, -0.05) is 25.0 Å². The summed E-state index contributed by atoms with van der Waals surface area (Å²) in [5.41, 5.74) is 2.99. The Morgan fingerprint density at radius 1 is 1.24 bits per heavy atom. The zero-order chi connectivity index (χ0) is 15.4. The SMILES string of the molecule is CC(=O)N(CC(=O)NC1CCCC1)c1cccc(C)c1C. The van der Waals surface area contributed by atoms with Crippen molar-refractivity contribution in [1.82, 2.24) is 5.32 Å². The fraction of sp³-hybridized carbons (Fsp3) is 0.529. The molecule has 4 heteroatoms. The molecule has 0 unspecified atom stereocenters. The van der Waals surface area contributed by atoms with Crippen molar-refractivity contribution in [3.8, 4) is 0 Å². The van der Waals surface area contributed by atoms with Crippen molar-refractivity contribution in [3.05, 3.63) is 29.3 Å². The third-order valence-electron chi connectivity index (χ3n) is 4.27. The van der Waals surface area contributed by atoms with E-state index in [1.54, 1.807) is 4.90 Å². The first kappa shape index (κ1) is 15.5. The molecule has 2 amide bonds. The second-order valence-electron chi connectivity index (χ2n) is 5.87. The van der Waals surface area contributed by atoms with Crippen molar-refractivity contribution in [2.75, 3.05) is 11.4 Å². The molecule has 1 aliphatic carbocycles. The monoisotopic (exact) mass is 288 g/mol. The highest BCUT2D eigenvalue weighted by atomic mass is 16.2. The minimum Gasteiger partial charge on any atom is -0.352 e. The Balaban J connectivity index is 2.10. The summed E-state index contributed by atoms with van der Waals surface area (Å²) in [5.74, 6) is -0.178. The lowest BCUT2D eigenvalue weighted by molar-refractivity contribution is -0.123. The fourth-order valence-electron chi connectivity index (χ4n) is 2.88. The third-order valence-corrected chi connectivity index (χ3v) is 4.27. The number of carbonyl (C=O) groups excluding carboxylic acids is 2. The van der Waals surface area contributed by atoms with Gasteiger partial charge in [0, 0.05) is 18.7 Å². The van der Waals surface area contributed by atoms with Crippen molar-refractivity contribution in [3.63, 3.8) is 0 Å². The maximum atomic E-state index is 12.2. The van der Waals surface area contributed by atoms with Crippen molar-refractivity contribution < 1.29 is 9.59 Å². The molecular weight excluding hydrogens is 264 g/mol. The minimum absolute atomic E-state index is 0.0713. The van der Waals surface area contributed by atoms with E-state index in [2.05, 4.69) is 5.32 Å². The van der Waals surface area contributed by atoms with E-state index >= 15 is 0 Å². The Labute approximate surface area is 126 Å². The van der Waals surface area contributed by atoms with Gasteiger partial charge in [0.1, 0.15) is 6.54 Å². The second kappa shape index (κ2) is 6.74. The van der Waals surface area contributed by atoms with E-state index in [0.717, 1.165) is 29.7 Å². The molecule has 1 aromatic rings. The summed E-state index contributed by atoms with van der Waals surface area (Å²) in [7, 11) is 0. The highest BCUT2D eigenvalue weighted by Crippen LogP contribution is 2.23. The van der Waals surface area contributed by atoms with Crippen molar-refractivity contribution in [1.29, 1.82) is 0 Å². The highest BCUT2D eigenvalue weighted by Gasteiger charge is 2.21. The van der Waals surface area contributed by atoms with E-state index in [0.29, 0.717) is 0 Å². The molecular formula is C17H24N2O2. The molecule has 1 saturated carbocycles. The molecule has 0 atom stereocenters. The molecule has 0 radical (unpaired) electrons. The summed E-state index contributed by atoms with van der Waals surface area (Å²) >= 11 is 0. The van der Waals surface area contributed by atoms with E-state index in [1.165, 1.54) is 19.8 Å². The molecule has 0 aromatic heterocycles. The van der Waals surface area contributed by atoms with Gasteiger partial charge in [-0.25, -0.2) is 0 Å². The molecule has 1 fully saturated rings. The molecule has 0 bridgehead atoms. The Morgan fingerprint density at radius 2 is 1.90 bits per heavy atom. The first-order chi connectivity index (χ1) is 9.99. The van der Waals surface area contributed by atoms with Gasteiger partial charge in [-0.15, -0.1) is 0 Å². The largest absolute Gasteiger partial charge is 0.352 e. The van der Waals surface area contributed by atoms with E-state index in [1.807, 2.05) is 32.0 Å². The Kier molecular flexibility index (Phi) is 4.99. The number of aryl methyl sites for hydroxylation is 1. The van der Waals surface area contributed by atoms with Crippen molar-refractivity contribution in [2.45, 2.75) is 52.5 Å². The van der Waals surface area contributed by atoms with Crippen molar-refractivity contribution in [2.24, 2.45) is 0 Å². The lowest BCUT2D eigenvalue weighted by Crippen LogP contribution is -2.43. The lowest BCUT2D eigenvalue weighted by atomic mass is 10.1. The van der Waals surface area contributed by atoms with Gasteiger partial charge in [0.2, 0.25) is 11.8 Å². The number of nitrogens with one attached hydrogen (secondary N) is 1. The smallest absolute Gasteiger partial charge is 0.240 e. The number of anilines is 1. The van der Waals surface area contributed by atoms with Crippen LogP contribution in [0.2, 0.25) is 0 Å². The van der Waals surface area contributed by atoms with Gasteiger partial charge in [0.15, 0.2) is 0 Å². The van der Waals surface area contributed by atoms with E-state index in [-0.39, 0.29) is 24.4 Å². The van der Waals surface area contributed by atoms with Crippen LogP contribution in [0.4, 0.5) is 5.69 Å². The van der Waals surface area contributed by atoms with Gasteiger partial charge in [0.05, 0.1) is 0 Å². The van der Waals surface area contributed by atoms with Gasteiger partial charge in [-0.3, -0.25) is 9.59 Å². The van der Waals surface area contributed by atoms with Crippen LogP contribution in [0.1, 0.15) is 43.7 Å². The number of amides is 2. The summed E-state index contributed by atoms with van der Waals surface area (Å²) in [6, 6.07) is 6.11. The number of rotatable bonds is 4. The molecule has 1 N–H and O–H groups in total. The zero-order valence-corrected chi connectivity index (χ0v) is 13.1. The van der Waals surface area contributed by atoms with E-state index in [9.17, 15) is 9.59 Å².